The van der Waals surface area contributed by atoms with Crippen LogP contribution in [0.15, 0.2) is 6.20 Å². The van der Waals surface area contributed by atoms with E-state index in [9.17, 15) is 4.79 Å². The van der Waals surface area contributed by atoms with Gasteiger partial charge in [0.05, 0.1) is 11.4 Å². The fourth-order valence-corrected chi connectivity index (χ4v) is 2.97. The Balaban J connectivity index is 1.98. The minimum Gasteiger partial charge on any atom is -0.323 e. The Morgan fingerprint density at radius 1 is 1.42 bits per heavy atom. The average molecular weight is 264 g/mol. The van der Waals surface area contributed by atoms with E-state index in [1.54, 1.807) is 4.68 Å². The number of carbonyl (C=O) groups excluding carboxylic acids is 1. The third-order valence-electron chi connectivity index (χ3n) is 4.13. The summed E-state index contributed by atoms with van der Waals surface area (Å²) in [7, 11) is 3.83. The number of hydrogen-bond acceptors (Lipinski definition) is 3. The summed E-state index contributed by atoms with van der Waals surface area (Å²) >= 11 is 0. The van der Waals surface area contributed by atoms with E-state index in [4.69, 9.17) is 0 Å². The minimum atomic E-state index is -0.0154. The van der Waals surface area contributed by atoms with Gasteiger partial charge in [-0.15, -0.1) is 0 Å². The van der Waals surface area contributed by atoms with Crippen LogP contribution in [0.25, 0.3) is 0 Å². The molecule has 1 amide bonds. The van der Waals surface area contributed by atoms with Crippen LogP contribution in [0.1, 0.15) is 44.2 Å². The zero-order valence-electron chi connectivity index (χ0n) is 12.1. The summed E-state index contributed by atoms with van der Waals surface area (Å²) in [5, 5.41) is 10.6. The highest BCUT2D eigenvalue weighted by Gasteiger charge is 2.32. The van der Waals surface area contributed by atoms with E-state index >= 15 is 0 Å². The molecule has 1 heterocycles. The molecule has 0 unspecified atom stereocenters. The van der Waals surface area contributed by atoms with Gasteiger partial charge in [0.1, 0.15) is 0 Å². The van der Waals surface area contributed by atoms with Crippen LogP contribution in [-0.4, -0.2) is 28.3 Å². The third-order valence-corrected chi connectivity index (χ3v) is 4.13. The molecule has 0 radical (unpaired) electrons. The summed E-state index contributed by atoms with van der Waals surface area (Å²) in [6.45, 7) is 1.91. The summed E-state index contributed by atoms with van der Waals surface area (Å²) in [6, 6.07) is 0. The lowest BCUT2D eigenvalue weighted by atomic mass is 9.79. The Morgan fingerprint density at radius 2 is 2.11 bits per heavy atom. The van der Waals surface area contributed by atoms with Crippen molar-refractivity contribution in [3.8, 4) is 0 Å². The van der Waals surface area contributed by atoms with Gasteiger partial charge in [0, 0.05) is 25.2 Å². The smallest absolute Gasteiger partial charge is 0.226 e. The van der Waals surface area contributed by atoms with Gasteiger partial charge in [0.15, 0.2) is 0 Å². The monoisotopic (exact) mass is 264 g/mol. The molecule has 1 aliphatic carbocycles. The molecule has 1 aromatic rings. The van der Waals surface area contributed by atoms with Crippen molar-refractivity contribution < 1.29 is 4.79 Å². The molecule has 0 saturated heterocycles. The second kappa shape index (κ2) is 5.74. The van der Waals surface area contributed by atoms with Gasteiger partial charge < -0.3 is 10.6 Å². The molecule has 1 aliphatic rings. The maximum absolute atomic E-state index is 12.2. The lowest BCUT2D eigenvalue weighted by Gasteiger charge is -2.36. The van der Waals surface area contributed by atoms with Gasteiger partial charge in [-0.2, -0.15) is 5.10 Å². The second-order valence-electron chi connectivity index (χ2n) is 5.62. The number of aryl methyl sites for hydroxylation is 2. The van der Waals surface area contributed by atoms with Crippen molar-refractivity contribution >= 4 is 11.6 Å². The standard InChI is InChI=1S/C14H24N4O/c1-11-12(10-18(3)17-11)16-13(19)9-14(15-2)7-5-4-6-8-14/h10,15H,4-9H2,1-3H3,(H,16,19). The first kappa shape index (κ1) is 14.1. The summed E-state index contributed by atoms with van der Waals surface area (Å²) in [6.07, 6.45) is 8.26. The molecule has 1 saturated carbocycles. The van der Waals surface area contributed by atoms with Crippen molar-refractivity contribution in [2.45, 2.75) is 51.0 Å². The van der Waals surface area contributed by atoms with Gasteiger partial charge in [0.25, 0.3) is 0 Å². The maximum atomic E-state index is 12.2. The minimum absolute atomic E-state index is 0.0154. The molecular weight excluding hydrogens is 240 g/mol. The van der Waals surface area contributed by atoms with E-state index < -0.39 is 0 Å². The Bertz CT molecular complexity index is 446. The molecule has 2 rings (SSSR count). The fourth-order valence-electron chi connectivity index (χ4n) is 2.97. The second-order valence-corrected chi connectivity index (χ2v) is 5.62. The van der Waals surface area contributed by atoms with Crippen LogP contribution >= 0.6 is 0 Å². The lowest BCUT2D eigenvalue weighted by Crippen LogP contribution is -2.47. The first-order valence-corrected chi connectivity index (χ1v) is 7.04. The number of anilines is 1. The number of carbonyl (C=O) groups is 1. The van der Waals surface area contributed by atoms with Crippen molar-refractivity contribution in [3.63, 3.8) is 0 Å². The van der Waals surface area contributed by atoms with Crippen molar-refractivity contribution in [3.05, 3.63) is 11.9 Å². The third kappa shape index (κ3) is 3.35. The number of nitrogens with one attached hydrogen (secondary N) is 2. The fraction of sp³-hybridized carbons (Fsp3) is 0.714. The summed E-state index contributed by atoms with van der Waals surface area (Å²) < 4.78 is 1.72. The van der Waals surface area contributed by atoms with Gasteiger partial charge >= 0.3 is 0 Å². The number of rotatable bonds is 4. The molecule has 1 aromatic heterocycles. The van der Waals surface area contributed by atoms with Crippen LogP contribution in [0.3, 0.4) is 0 Å². The zero-order valence-corrected chi connectivity index (χ0v) is 12.1. The largest absolute Gasteiger partial charge is 0.323 e. The number of amides is 1. The van der Waals surface area contributed by atoms with E-state index in [0.717, 1.165) is 24.2 Å². The number of nitrogens with zero attached hydrogens (tertiary/aromatic N) is 2. The van der Waals surface area contributed by atoms with Gasteiger partial charge in [-0.3, -0.25) is 9.48 Å². The van der Waals surface area contributed by atoms with E-state index in [1.165, 1.54) is 19.3 Å². The zero-order chi connectivity index (χ0) is 13.9. The molecule has 2 N–H and O–H groups in total. The Morgan fingerprint density at radius 3 is 2.63 bits per heavy atom. The van der Waals surface area contributed by atoms with Crippen LogP contribution in [-0.2, 0) is 11.8 Å². The SMILES string of the molecule is CNC1(CC(=O)Nc2cn(C)nc2C)CCCCC1. The molecule has 1 fully saturated rings. The van der Waals surface area contributed by atoms with Crippen molar-refractivity contribution in [2.75, 3.05) is 12.4 Å². The molecule has 0 spiro atoms. The Labute approximate surface area is 114 Å². The van der Waals surface area contributed by atoms with Crippen LogP contribution in [0.4, 0.5) is 5.69 Å². The van der Waals surface area contributed by atoms with Crippen molar-refractivity contribution in [2.24, 2.45) is 7.05 Å². The average Bonchev–Trinajstić information content (AvgIpc) is 2.68. The molecule has 0 aliphatic heterocycles. The normalized spacial score (nSPS) is 18.3. The van der Waals surface area contributed by atoms with Crippen LogP contribution in [0.2, 0.25) is 0 Å². The Hall–Kier alpha value is -1.36. The van der Waals surface area contributed by atoms with Crippen molar-refractivity contribution in [1.29, 1.82) is 0 Å². The highest BCUT2D eigenvalue weighted by atomic mass is 16.1. The van der Waals surface area contributed by atoms with E-state index in [0.29, 0.717) is 6.42 Å². The Kier molecular flexibility index (Phi) is 4.24. The number of aromatic nitrogens is 2. The molecule has 5 nitrogen and oxygen atoms in total. The maximum Gasteiger partial charge on any atom is 0.226 e. The topological polar surface area (TPSA) is 59.0 Å². The lowest BCUT2D eigenvalue weighted by molar-refractivity contribution is -0.117. The molecule has 19 heavy (non-hydrogen) atoms. The molecule has 106 valence electrons. The number of hydrogen-bond donors (Lipinski definition) is 2. The molecule has 0 atom stereocenters. The quantitative estimate of drug-likeness (QED) is 0.874. The van der Waals surface area contributed by atoms with E-state index in [2.05, 4.69) is 15.7 Å². The van der Waals surface area contributed by atoms with Gasteiger partial charge in [0.2, 0.25) is 5.91 Å². The summed E-state index contributed by atoms with van der Waals surface area (Å²) in [5.41, 5.74) is 1.66. The van der Waals surface area contributed by atoms with Crippen LogP contribution in [0, 0.1) is 6.92 Å². The van der Waals surface area contributed by atoms with E-state index in [1.807, 2.05) is 27.2 Å². The van der Waals surface area contributed by atoms with E-state index in [-0.39, 0.29) is 11.4 Å². The van der Waals surface area contributed by atoms with Gasteiger partial charge in [-0.1, -0.05) is 19.3 Å². The first-order valence-electron chi connectivity index (χ1n) is 7.04. The van der Waals surface area contributed by atoms with Gasteiger partial charge in [-0.05, 0) is 26.8 Å². The molecule has 5 heteroatoms. The van der Waals surface area contributed by atoms with Gasteiger partial charge in [-0.25, -0.2) is 0 Å². The summed E-state index contributed by atoms with van der Waals surface area (Å²) in [5.74, 6) is 0.0763. The van der Waals surface area contributed by atoms with Crippen LogP contribution < -0.4 is 10.6 Å². The molecule has 0 bridgehead atoms. The predicted molar refractivity (Wildman–Crippen MR) is 76.1 cm³/mol. The molecular formula is C14H24N4O. The first-order chi connectivity index (χ1) is 9.04. The van der Waals surface area contributed by atoms with Crippen LogP contribution in [0.5, 0.6) is 0 Å². The highest BCUT2D eigenvalue weighted by Crippen LogP contribution is 2.31. The summed E-state index contributed by atoms with van der Waals surface area (Å²) in [4.78, 5) is 12.2. The predicted octanol–water partition coefficient (Wildman–Crippen LogP) is 1.98. The highest BCUT2D eigenvalue weighted by molar-refractivity contribution is 5.91. The van der Waals surface area contributed by atoms with Crippen molar-refractivity contribution in [1.82, 2.24) is 15.1 Å². The molecule has 0 aromatic carbocycles.